The summed E-state index contributed by atoms with van der Waals surface area (Å²) in [6.07, 6.45) is -4.57. The van der Waals surface area contributed by atoms with Crippen LogP contribution in [0.1, 0.15) is 75.8 Å². The Morgan fingerprint density at radius 3 is 2.49 bits per heavy atom. The molecule has 2 radical (unpaired) electrons. The van der Waals surface area contributed by atoms with E-state index >= 15 is 0 Å². The highest BCUT2D eigenvalue weighted by atomic mass is 16.7. The highest BCUT2D eigenvalue weighted by Gasteiger charge is 2.49. The number of rotatable bonds is 5. The Kier molecular flexibility index (Phi) is 6.80. The van der Waals surface area contributed by atoms with Crippen LogP contribution in [0.4, 0.5) is 0 Å². The molecule has 204 valence electrons. The molecule has 0 saturated carbocycles. The van der Waals surface area contributed by atoms with Gasteiger partial charge in [-0.15, -0.1) is 0 Å². The Hall–Kier alpha value is -3.29. The van der Waals surface area contributed by atoms with Crippen molar-refractivity contribution in [1.82, 2.24) is 5.23 Å². The molecule has 2 aromatic rings. The van der Waals surface area contributed by atoms with Crippen molar-refractivity contribution in [3.05, 3.63) is 51.6 Å². The molecule has 12 heteroatoms. The summed E-state index contributed by atoms with van der Waals surface area (Å²) in [7, 11) is 6.90. The van der Waals surface area contributed by atoms with E-state index in [0.29, 0.717) is 0 Å². The minimum Gasteiger partial charge on any atom is -0.507 e. The van der Waals surface area contributed by atoms with Crippen molar-refractivity contribution in [2.75, 3.05) is 7.11 Å². The molecule has 1 fully saturated rings. The van der Waals surface area contributed by atoms with E-state index in [0.717, 1.165) is 0 Å². The lowest BCUT2D eigenvalue weighted by Crippen LogP contribution is -2.54. The van der Waals surface area contributed by atoms with Crippen LogP contribution in [0.2, 0.25) is 0 Å². The molecule has 0 unspecified atom stereocenters. The predicted molar refractivity (Wildman–Crippen MR) is 135 cm³/mol. The Morgan fingerprint density at radius 2 is 1.85 bits per heavy atom. The lowest BCUT2D eigenvalue weighted by molar-refractivity contribution is -0.248. The van der Waals surface area contributed by atoms with E-state index < -0.39 is 82.6 Å². The predicted octanol–water partition coefficient (Wildman–Crippen LogP) is 0.743. The van der Waals surface area contributed by atoms with Crippen LogP contribution in [-0.2, 0) is 20.7 Å². The van der Waals surface area contributed by atoms with Crippen LogP contribution in [0, 0.1) is 0 Å². The molecule has 5 N–H and O–H groups in total. The number of Topliss-reactive ketones (excluding diaryl/α,β-unsaturated/α-hetero) is 1. The van der Waals surface area contributed by atoms with E-state index in [4.69, 9.17) is 22.2 Å². The number of carbonyl (C=O) groups excluding carboxylic acids is 3. The average molecular weight is 537 g/mol. The van der Waals surface area contributed by atoms with Gasteiger partial charge in [-0.3, -0.25) is 14.4 Å². The molecular weight excluding hydrogens is 509 g/mol. The fourth-order valence-corrected chi connectivity index (χ4v) is 5.79. The van der Waals surface area contributed by atoms with Gasteiger partial charge in [0.05, 0.1) is 42.1 Å². The standard InChI is InChI=1S/C27H28BNO10/c1-10-22(31)14(29-28)7-17(38-10)39-16-9-27(36,11(2)30)8-13-19(16)26(35)21-20(24(13)33)23(32)12-5-4-6-15(37-3)18(12)25(21)34/h4-6,10,14,16-17,22,29,31,33,35-36H,7-9H2,1-3H3/t10-,14-,16-,17-,22+,27-/m0/s1. The van der Waals surface area contributed by atoms with Crippen molar-refractivity contribution >= 4 is 25.3 Å². The third-order valence-corrected chi connectivity index (χ3v) is 7.97. The molecule has 0 aromatic heterocycles. The second-order valence-corrected chi connectivity index (χ2v) is 10.2. The first kappa shape index (κ1) is 27.3. The third-order valence-electron chi connectivity index (χ3n) is 7.97. The number of benzene rings is 2. The topological polar surface area (TPSA) is 172 Å². The van der Waals surface area contributed by atoms with Gasteiger partial charge in [0, 0.05) is 42.0 Å². The molecule has 1 saturated heterocycles. The molecule has 1 aliphatic heterocycles. The normalized spacial score (nSPS) is 29.8. The van der Waals surface area contributed by atoms with Gasteiger partial charge in [0.25, 0.3) is 0 Å². The Balaban J connectivity index is 1.67. The number of methoxy groups -OCH3 is 1. The van der Waals surface area contributed by atoms with E-state index in [1.165, 1.54) is 32.2 Å². The number of aliphatic hydroxyl groups excluding tert-OH is 1. The van der Waals surface area contributed by atoms with Gasteiger partial charge >= 0.3 is 0 Å². The first-order chi connectivity index (χ1) is 18.4. The first-order valence-corrected chi connectivity index (χ1v) is 12.5. The summed E-state index contributed by atoms with van der Waals surface area (Å²) in [5.74, 6) is -3.20. The van der Waals surface area contributed by atoms with E-state index in [1.807, 2.05) is 0 Å². The van der Waals surface area contributed by atoms with Crippen LogP contribution >= 0.6 is 0 Å². The average Bonchev–Trinajstić information content (AvgIpc) is 2.90. The highest BCUT2D eigenvalue weighted by Crippen LogP contribution is 2.52. The lowest BCUT2D eigenvalue weighted by Gasteiger charge is -2.42. The quantitative estimate of drug-likeness (QED) is 0.230. The van der Waals surface area contributed by atoms with Gasteiger partial charge in [-0.25, -0.2) is 0 Å². The number of fused-ring (bicyclic) bond motifs is 3. The zero-order valence-electron chi connectivity index (χ0n) is 21.6. The van der Waals surface area contributed by atoms with Crippen molar-refractivity contribution in [2.45, 2.75) is 69.4 Å². The summed E-state index contributed by atoms with van der Waals surface area (Å²) in [6, 6.07) is 3.82. The molecule has 1 heterocycles. The van der Waals surface area contributed by atoms with Crippen molar-refractivity contribution in [2.24, 2.45) is 0 Å². The number of aromatic hydroxyl groups is 2. The van der Waals surface area contributed by atoms with E-state index in [-0.39, 0.29) is 40.8 Å². The summed E-state index contributed by atoms with van der Waals surface area (Å²) >= 11 is 0. The van der Waals surface area contributed by atoms with E-state index in [1.54, 1.807) is 6.92 Å². The van der Waals surface area contributed by atoms with Gasteiger partial charge in [-0.2, -0.15) is 0 Å². The summed E-state index contributed by atoms with van der Waals surface area (Å²) < 4.78 is 17.2. The third kappa shape index (κ3) is 4.14. The van der Waals surface area contributed by atoms with Crippen LogP contribution < -0.4 is 9.96 Å². The van der Waals surface area contributed by atoms with Gasteiger partial charge in [-0.05, 0) is 19.9 Å². The molecule has 5 rings (SSSR count). The molecule has 0 spiro atoms. The number of aliphatic hydroxyl groups is 2. The van der Waals surface area contributed by atoms with Gasteiger partial charge in [-0.1, -0.05) is 12.1 Å². The SMILES string of the molecule is [B]N[C@H]1C[C@H](O[C@H]2C[C@](O)(C(C)=O)Cc3c(O)c4c(c(O)c32)C(=O)c2c(OC)cccc2C4=O)O[C@@H](C)[C@H]1O. The number of phenolic OH excluding ortho intramolecular Hbond substituents is 2. The van der Waals surface area contributed by atoms with Crippen LogP contribution in [0.15, 0.2) is 18.2 Å². The second-order valence-electron chi connectivity index (χ2n) is 10.2. The maximum Gasteiger partial charge on any atom is 0.202 e. The minimum atomic E-state index is -2.01. The van der Waals surface area contributed by atoms with E-state index in [9.17, 15) is 34.8 Å². The zero-order valence-corrected chi connectivity index (χ0v) is 21.6. The summed E-state index contributed by atoms with van der Waals surface area (Å²) in [5.41, 5.74) is -3.08. The fourth-order valence-electron chi connectivity index (χ4n) is 5.79. The fraction of sp³-hybridized carbons (Fsp3) is 0.444. The molecule has 2 aromatic carbocycles. The Bertz CT molecular complexity index is 1390. The number of ether oxygens (including phenoxy) is 3. The molecule has 11 nitrogen and oxygen atoms in total. The molecule has 2 aliphatic carbocycles. The molecule has 39 heavy (non-hydrogen) atoms. The van der Waals surface area contributed by atoms with E-state index in [2.05, 4.69) is 5.23 Å². The summed E-state index contributed by atoms with van der Waals surface area (Å²) in [5, 5.41) is 46.9. The Labute approximate surface area is 225 Å². The zero-order chi connectivity index (χ0) is 28.4. The monoisotopic (exact) mass is 537 g/mol. The smallest absolute Gasteiger partial charge is 0.202 e. The van der Waals surface area contributed by atoms with Crippen molar-refractivity contribution < 1.29 is 49.0 Å². The van der Waals surface area contributed by atoms with Crippen molar-refractivity contribution in [3.8, 4) is 17.2 Å². The largest absolute Gasteiger partial charge is 0.507 e. The summed E-state index contributed by atoms with van der Waals surface area (Å²) in [4.78, 5) is 39.7. The maximum atomic E-state index is 13.7. The lowest BCUT2D eigenvalue weighted by atomic mass is 9.72. The molecule has 3 aliphatic rings. The van der Waals surface area contributed by atoms with Gasteiger partial charge < -0.3 is 39.9 Å². The summed E-state index contributed by atoms with van der Waals surface area (Å²) in [6.45, 7) is 2.79. The van der Waals surface area contributed by atoms with Gasteiger partial charge in [0.2, 0.25) is 5.78 Å². The van der Waals surface area contributed by atoms with Crippen LogP contribution in [0.25, 0.3) is 0 Å². The van der Waals surface area contributed by atoms with Crippen LogP contribution in [0.5, 0.6) is 17.2 Å². The van der Waals surface area contributed by atoms with Gasteiger partial charge in [0.15, 0.2) is 25.8 Å². The number of ketones is 3. The van der Waals surface area contributed by atoms with Gasteiger partial charge in [0.1, 0.15) is 22.8 Å². The minimum absolute atomic E-state index is 0.0181. The number of phenols is 2. The molecular formula is C27H28BNO10. The van der Waals surface area contributed by atoms with Crippen molar-refractivity contribution in [1.29, 1.82) is 0 Å². The number of nitrogens with one attached hydrogen (secondary N) is 1. The number of hydrogen-bond acceptors (Lipinski definition) is 11. The molecule has 0 bridgehead atoms. The Morgan fingerprint density at radius 1 is 1.15 bits per heavy atom. The van der Waals surface area contributed by atoms with Crippen LogP contribution in [-0.4, -0.2) is 83.0 Å². The van der Waals surface area contributed by atoms with Crippen LogP contribution in [0.3, 0.4) is 0 Å². The van der Waals surface area contributed by atoms with Crippen molar-refractivity contribution in [3.63, 3.8) is 0 Å². The molecule has 6 atom stereocenters. The number of hydrogen-bond donors (Lipinski definition) is 5. The number of carbonyl (C=O) groups is 3. The second kappa shape index (κ2) is 9.72. The maximum absolute atomic E-state index is 13.7. The first-order valence-electron chi connectivity index (χ1n) is 12.5. The highest BCUT2D eigenvalue weighted by molar-refractivity contribution is 6.31. The molecule has 0 amide bonds.